The predicted molar refractivity (Wildman–Crippen MR) is 114 cm³/mol. The van der Waals surface area contributed by atoms with Gasteiger partial charge in [0, 0.05) is 54.2 Å². The summed E-state index contributed by atoms with van der Waals surface area (Å²) < 4.78 is 5.72. The third-order valence-corrected chi connectivity index (χ3v) is 5.30. The first kappa shape index (κ1) is 20.0. The van der Waals surface area contributed by atoms with Crippen LogP contribution in [0.4, 0.5) is 5.69 Å². The Morgan fingerprint density at radius 2 is 1.97 bits per heavy atom. The molecule has 1 aromatic carbocycles. The van der Waals surface area contributed by atoms with Crippen LogP contribution in [0.2, 0.25) is 0 Å². The molecule has 4 rings (SSSR count). The SMILES string of the molecule is CCC(OC(=O)c1c2c(nc3ccccc13)CCN(C)C2)C(=O)Nc1ccncc1. The molecule has 1 aliphatic heterocycles. The van der Waals surface area contributed by atoms with Crippen LogP contribution in [0, 0.1) is 0 Å². The van der Waals surface area contributed by atoms with Gasteiger partial charge >= 0.3 is 5.97 Å². The van der Waals surface area contributed by atoms with E-state index in [0.717, 1.165) is 35.1 Å². The Bertz CT molecular complexity index is 1080. The topological polar surface area (TPSA) is 84.4 Å². The van der Waals surface area contributed by atoms with Crippen molar-refractivity contribution in [2.24, 2.45) is 0 Å². The first-order valence-corrected chi connectivity index (χ1v) is 10.1. The van der Waals surface area contributed by atoms with Crippen LogP contribution in [-0.4, -0.2) is 46.4 Å². The number of anilines is 1. The Balaban J connectivity index is 1.65. The fourth-order valence-electron chi connectivity index (χ4n) is 3.73. The number of likely N-dealkylation sites (N-methyl/N-ethyl adjacent to an activating group) is 1. The molecule has 1 aliphatic rings. The fraction of sp³-hybridized carbons (Fsp3) is 0.304. The number of fused-ring (bicyclic) bond motifs is 2. The number of hydrogen-bond donors (Lipinski definition) is 1. The Labute approximate surface area is 175 Å². The molecule has 7 nitrogen and oxygen atoms in total. The molecule has 2 aromatic heterocycles. The summed E-state index contributed by atoms with van der Waals surface area (Å²) in [5, 5.41) is 3.53. The highest BCUT2D eigenvalue weighted by Crippen LogP contribution is 2.29. The molecule has 0 spiro atoms. The van der Waals surface area contributed by atoms with Gasteiger partial charge in [-0.2, -0.15) is 0 Å². The number of ether oxygens (including phenoxy) is 1. The van der Waals surface area contributed by atoms with Crippen LogP contribution in [0.15, 0.2) is 48.8 Å². The van der Waals surface area contributed by atoms with E-state index in [9.17, 15) is 9.59 Å². The van der Waals surface area contributed by atoms with Gasteiger partial charge < -0.3 is 15.0 Å². The largest absolute Gasteiger partial charge is 0.449 e. The van der Waals surface area contributed by atoms with E-state index in [1.54, 1.807) is 24.5 Å². The second kappa shape index (κ2) is 8.59. The fourth-order valence-corrected chi connectivity index (χ4v) is 3.73. The summed E-state index contributed by atoms with van der Waals surface area (Å²) in [6.07, 6.45) is 3.43. The Morgan fingerprint density at radius 1 is 1.20 bits per heavy atom. The highest BCUT2D eigenvalue weighted by molar-refractivity contribution is 6.06. The van der Waals surface area contributed by atoms with Crippen LogP contribution in [-0.2, 0) is 22.5 Å². The summed E-state index contributed by atoms with van der Waals surface area (Å²) >= 11 is 0. The van der Waals surface area contributed by atoms with E-state index in [1.165, 1.54) is 0 Å². The van der Waals surface area contributed by atoms with Crippen molar-refractivity contribution in [2.45, 2.75) is 32.4 Å². The summed E-state index contributed by atoms with van der Waals surface area (Å²) in [6, 6.07) is 10.9. The van der Waals surface area contributed by atoms with Crippen LogP contribution in [0.3, 0.4) is 0 Å². The van der Waals surface area contributed by atoms with E-state index in [-0.39, 0.29) is 5.91 Å². The van der Waals surface area contributed by atoms with Crippen molar-refractivity contribution in [3.8, 4) is 0 Å². The highest BCUT2D eigenvalue weighted by Gasteiger charge is 2.28. The summed E-state index contributed by atoms with van der Waals surface area (Å²) in [7, 11) is 2.02. The highest BCUT2D eigenvalue weighted by atomic mass is 16.5. The summed E-state index contributed by atoms with van der Waals surface area (Å²) in [5.41, 5.74) is 3.70. The maximum Gasteiger partial charge on any atom is 0.340 e. The third-order valence-electron chi connectivity index (χ3n) is 5.30. The molecule has 154 valence electrons. The Morgan fingerprint density at radius 3 is 2.73 bits per heavy atom. The molecule has 0 aliphatic carbocycles. The molecule has 30 heavy (non-hydrogen) atoms. The van der Waals surface area contributed by atoms with Crippen LogP contribution >= 0.6 is 0 Å². The zero-order valence-corrected chi connectivity index (χ0v) is 17.1. The lowest BCUT2D eigenvalue weighted by molar-refractivity contribution is -0.124. The smallest absolute Gasteiger partial charge is 0.340 e. The third kappa shape index (κ3) is 4.02. The summed E-state index contributed by atoms with van der Waals surface area (Å²) in [6.45, 7) is 3.33. The molecule has 0 fully saturated rings. The minimum Gasteiger partial charge on any atom is -0.449 e. The Kier molecular flexibility index (Phi) is 5.72. The molecular formula is C23H24N4O3. The number of para-hydroxylation sites is 1. The van der Waals surface area contributed by atoms with Crippen LogP contribution < -0.4 is 5.32 Å². The average Bonchev–Trinajstić information content (AvgIpc) is 2.76. The van der Waals surface area contributed by atoms with Crippen molar-refractivity contribution < 1.29 is 14.3 Å². The molecule has 1 N–H and O–H groups in total. The van der Waals surface area contributed by atoms with Crippen molar-refractivity contribution in [3.05, 3.63) is 65.6 Å². The van der Waals surface area contributed by atoms with Crippen molar-refractivity contribution in [1.82, 2.24) is 14.9 Å². The van der Waals surface area contributed by atoms with Gasteiger partial charge in [0.1, 0.15) is 0 Å². The van der Waals surface area contributed by atoms with Gasteiger partial charge in [-0.15, -0.1) is 0 Å². The average molecular weight is 404 g/mol. The van der Waals surface area contributed by atoms with Gasteiger partial charge in [0.05, 0.1) is 11.1 Å². The van der Waals surface area contributed by atoms with E-state index in [4.69, 9.17) is 9.72 Å². The predicted octanol–water partition coefficient (Wildman–Crippen LogP) is 3.19. The number of aromatic nitrogens is 2. The van der Waals surface area contributed by atoms with Crippen LogP contribution in [0.25, 0.3) is 10.9 Å². The van der Waals surface area contributed by atoms with Gasteiger partial charge in [-0.05, 0) is 31.7 Å². The number of nitrogens with one attached hydrogen (secondary N) is 1. The van der Waals surface area contributed by atoms with E-state index in [0.29, 0.717) is 24.2 Å². The minimum atomic E-state index is -0.894. The molecule has 1 amide bonds. The monoisotopic (exact) mass is 404 g/mol. The van der Waals surface area contributed by atoms with Gasteiger partial charge in [0.15, 0.2) is 6.10 Å². The molecule has 0 radical (unpaired) electrons. The van der Waals surface area contributed by atoms with Gasteiger partial charge in [0.25, 0.3) is 5.91 Å². The number of esters is 1. The number of rotatable bonds is 5. The molecule has 0 bridgehead atoms. The summed E-state index contributed by atoms with van der Waals surface area (Å²) in [5.74, 6) is -0.849. The number of hydrogen-bond acceptors (Lipinski definition) is 6. The lowest BCUT2D eigenvalue weighted by Gasteiger charge is -2.27. The lowest BCUT2D eigenvalue weighted by Crippen LogP contribution is -2.34. The minimum absolute atomic E-state index is 0.360. The molecule has 1 atom stereocenters. The lowest BCUT2D eigenvalue weighted by atomic mass is 9.96. The molecule has 1 unspecified atom stereocenters. The maximum absolute atomic E-state index is 13.3. The van der Waals surface area contributed by atoms with Crippen LogP contribution in [0.5, 0.6) is 0 Å². The van der Waals surface area contributed by atoms with Crippen LogP contribution in [0.1, 0.15) is 35.0 Å². The zero-order valence-electron chi connectivity index (χ0n) is 17.1. The summed E-state index contributed by atoms with van der Waals surface area (Å²) in [4.78, 5) is 36.8. The molecule has 0 saturated heterocycles. The zero-order chi connectivity index (χ0) is 21.1. The number of nitrogens with zero attached hydrogens (tertiary/aromatic N) is 3. The number of benzene rings is 1. The number of carbonyl (C=O) groups is 2. The normalized spacial score (nSPS) is 14.7. The van der Waals surface area contributed by atoms with E-state index in [1.807, 2.05) is 38.2 Å². The first-order chi connectivity index (χ1) is 14.6. The van der Waals surface area contributed by atoms with Gasteiger partial charge in [-0.1, -0.05) is 25.1 Å². The number of amides is 1. The van der Waals surface area contributed by atoms with Crippen molar-refractivity contribution in [1.29, 1.82) is 0 Å². The quantitative estimate of drug-likeness (QED) is 0.658. The number of pyridine rings is 2. The first-order valence-electron chi connectivity index (χ1n) is 10.1. The molecule has 0 saturated carbocycles. The molecule has 3 heterocycles. The van der Waals surface area contributed by atoms with Gasteiger partial charge in [-0.25, -0.2) is 4.79 Å². The van der Waals surface area contributed by atoms with E-state index >= 15 is 0 Å². The van der Waals surface area contributed by atoms with Crippen molar-refractivity contribution in [3.63, 3.8) is 0 Å². The molecular weight excluding hydrogens is 380 g/mol. The van der Waals surface area contributed by atoms with Crippen molar-refractivity contribution >= 4 is 28.5 Å². The number of carbonyl (C=O) groups excluding carboxylic acids is 2. The molecule has 7 heteroatoms. The second-order valence-electron chi connectivity index (χ2n) is 7.44. The van der Waals surface area contributed by atoms with E-state index < -0.39 is 12.1 Å². The Hall–Kier alpha value is -3.32. The van der Waals surface area contributed by atoms with Gasteiger partial charge in [0.2, 0.25) is 0 Å². The van der Waals surface area contributed by atoms with E-state index in [2.05, 4.69) is 15.2 Å². The standard InChI is InChI=1S/C23H24N4O3/c1-3-20(22(28)25-15-8-11-24-12-9-15)30-23(29)21-16-6-4-5-7-18(16)26-19-10-13-27(2)14-17(19)21/h4-9,11-12,20H,3,10,13-14H2,1-2H3,(H,24,25,28). The van der Waals surface area contributed by atoms with Crippen molar-refractivity contribution in [2.75, 3.05) is 18.9 Å². The second-order valence-corrected chi connectivity index (χ2v) is 7.44. The van der Waals surface area contributed by atoms with Gasteiger partial charge in [-0.3, -0.25) is 14.8 Å². The maximum atomic E-state index is 13.3. The molecule has 3 aromatic rings.